The van der Waals surface area contributed by atoms with Gasteiger partial charge in [0.2, 0.25) is 5.91 Å². The number of aryl methyl sites for hydroxylation is 1. The number of nitrogens with zero attached hydrogens (tertiary/aromatic N) is 2. The summed E-state index contributed by atoms with van der Waals surface area (Å²) in [6.45, 7) is 3.03. The molecule has 1 N–H and O–H groups in total. The SMILES string of the molecule is CC(=O)Nc1ccc(C(=O)COC(=O)c2c(C)nn(Cc3ccccc3)c2Cl)cc1. The smallest absolute Gasteiger partial charge is 0.343 e. The van der Waals surface area contributed by atoms with Crippen molar-refractivity contribution in [3.05, 3.63) is 82.1 Å². The van der Waals surface area contributed by atoms with Gasteiger partial charge in [-0.2, -0.15) is 5.10 Å². The van der Waals surface area contributed by atoms with Gasteiger partial charge in [-0.15, -0.1) is 0 Å². The molecule has 1 aromatic heterocycles. The Labute approximate surface area is 178 Å². The van der Waals surface area contributed by atoms with Crippen LogP contribution in [0.25, 0.3) is 0 Å². The number of Topliss-reactive ketones (excluding diaryl/α,β-unsaturated/α-hetero) is 1. The monoisotopic (exact) mass is 425 g/mol. The second-order valence-electron chi connectivity index (χ2n) is 6.65. The molecule has 7 nitrogen and oxygen atoms in total. The number of ketones is 1. The number of aromatic nitrogens is 2. The topological polar surface area (TPSA) is 90.3 Å². The predicted octanol–water partition coefficient (Wildman–Crippen LogP) is 3.89. The number of esters is 1. The Morgan fingerprint density at radius 2 is 1.73 bits per heavy atom. The van der Waals surface area contributed by atoms with E-state index in [0.29, 0.717) is 23.5 Å². The van der Waals surface area contributed by atoms with Crippen LogP contribution >= 0.6 is 11.6 Å². The van der Waals surface area contributed by atoms with Crippen LogP contribution in [0.15, 0.2) is 54.6 Å². The quantitative estimate of drug-likeness (QED) is 0.458. The lowest BCUT2D eigenvalue weighted by atomic mass is 10.1. The third-order valence-electron chi connectivity index (χ3n) is 4.31. The van der Waals surface area contributed by atoms with Gasteiger partial charge in [-0.3, -0.25) is 9.59 Å². The number of hydrogen-bond acceptors (Lipinski definition) is 5. The van der Waals surface area contributed by atoms with Crippen LogP contribution in [0.5, 0.6) is 0 Å². The number of carbonyl (C=O) groups excluding carboxylic acids is 3. The maximum Gasteiger partial charge on any atom is 0.343 e. The van der Waals surface area contributed by atoms with Gasteiger partial charge in [0.1, 0.15) is 10.7 Å². The summed E-state index contributed by atoms with van der Waals surface area (Å²) in [6, 6.07) is 15.9. The Morgan fingerprint density at radius 3 is 2.37 bits per heavy atom. The van der Waals surface area contributed by atoms with Gasteiger partial charge >= 0.3 is 5.97 Å². The first-order valence-corrected chi connectivity index (χ1v) is 9.57. The number of rotatable bonds is 7. The number of anilines is 1. The minimum absolute atomic E-state index is 0.140. The first-order chi connectivity index (χ1) is 14.3. The lowest BCUT2D eigenvalue weighted by molar-refractivity contribution is -0.114. The molecule has 0 fully saturated rings. The molecule has 0 aliphatic rings. The van der Waals surface area contributed by atoms with Crippen molar-refractivity contribution in [2.75, 3.05) is 11.9 Å². The van der Waals surface area contributed by atoms with E-state index in [1.165, 1.54) is 11.6 Å². The molecule has 3 rings (SSSR count). The van der Waals surface area contributed by atoms with E-state index < -0.39 is 12.6 Å². The van der Waals surface area contributed by atoms with Crippen molar-refractivity contribution in [2.45, 2.75) is 20.4 Å². The summed E-state index contributed by atoms with van der Waals surface area (Å²) in [5.74, 6) is -1.29. The molecule has 0 spiro atoms. The largest absolute Gasteiger partial charge is 0.454 e. The second kappa shape index (κ2) is 9.37. The molecule has 0 aliphatic carbocycles. The third-order valence-corrected chi connectivity index (χ3v) is 4.69. The maximum atomic E-state index is 12.5. The molecule has 0 unspecified atom stereocenters. The molecular weight excluding hydrogens is 406 g/mol. The molecule has 0 aliphatic heterocycles. The fourth-order valence-corrected chi connectivity index (χ4v) is 3.19. The van der Waals surface area contributed by atoms with Gasteiger partial charge in [-0.25, -0.2) is 9.48 Å². The van der Waals surface area contributed by atoms with Crippen molar-refractivity contribution >= 4 is 34.9 Å². The Kier molecular flexibility index (Phi) is 6.64. The highest BCUT2D eigenvalue weighted by Crippen LogP contribution is 2.22. The van der Waals surface area contributed by atoms with E-state index in [1.54, 1.807) is 31.2 Å². The lowest BCUT2D eigenvalue weighted by Gasteiger charge is -2.06. The van der Waals surface area contributed by atoms with Crippen molar-refractivity contribution < 1.29 is 19.1 Å². The lowest BCUT2D eigenvalue weighted by Crippen LogP contribution is -2.15. The van der Waals surface area contributed by atoms with Crippen LogP contribution in [-0.4, -0.2) is 34.0 Å². The Morgan fingerprint density at radius 1 is 1.07 bits per heavy atom. The first kappa shape index (κ1) is 21.3. The molecule has 0 atom stereocenters. The minimum atomic E-state index is -0.708. The highest BCUT2D eigenvalue weighted by atomic mass is 35.5. The van der Waals surface area contributed by atoms with Crippen molar-refractivity contribution in [1.29, 1.82) is 0 Å². The highest BCUT2D eigenvalue weighted by Gasteiger charge is 2.22. The summed E-state index contributed by atoms with van der Waals surface area (Å²) in [5, 5.41) is 7.09. The summed E-state index contributed by atoms with van der Waals surface area (Å²) in [6.07, 6.45) is 0. The Balaban J connectivity index is 1.64. The molecule has 0 saturated heterocycles. The number of amides is 1. The Bertz CT molecular complexity index is 1080. The number of nitrogens with one attached hydrogen (secondary N) is 1. The van der Waals surface area contributed by atoms with E-state index in [2.05, 4.69) is 10.4 Å². The highest BCUT2D eigenvalue weighted by molar-refractivity contribution is 6.32. The van der Waals surface area contributed by atoms with Crippen LogP contribution in [0.1, 0.15) is 38.9 Å². The molecular formula is C22H20ClN3O4. The molecule has 30 heavy (non-hydrogen) atoms. The zero-order chi connectivity index (χ0) is 21.7. The number of benzene rings is 2. The minimum Gasteiger partial charge on any atom is -0.454 e. The van der Waals surface area contributed by atoms with E-state index in [4.69, 9.17) is 16.3 Å². The zero-order valence-electron chi connectivity index (χ0n) is 16.5. The van der Waals surface area contributed by atoms with Crippen LogP contribution < -0.4 is 5.32 Å². The molecule has 3 aromatic rings. The molecule has 0 saturated carbocycles. The number of hydrogen-bond donors (Lipinski definition) is 1. The van der Waals surface area contributed by atoms with Crippen LogP contribution in [0.3, 0.4) is 0 Å². The second-order valence-corrected chi connectivity index (χ2v) is 7.01. The van der Waals surface area contributed by atoms with Crippen molar-refractivity contribution in [1.82, 2.24) is 9.78 Å². The molecule has 1 amide bonds. The summed E-state index contributed by atoms with van der Waals surface area (Å²) >= 11 is 6.35. The number of ether oxygens (including phenoxy) is 1. The molecule has 8 heteroatoms. The zero-order valence-corrected chi connectivity index (χ0v) is 17.3. The molecule has 154 valence electrons. The Hall–Kier alpha value is -3.45. The van der Waals surface area contributed by atoms with E-state index in [1.807, 2.05) is 30.3 Å². The fourth-order valence-electron chi connectivity index (χ4n) is 2.88. The molecule has 0 radical (unpaired) electrons. The van der Waals surface area contributed by atoms with Crippen LogP contribution in [-0.2, 0) is 16.1 Å². The maximum absolute atomic E-state index is 12.5. The van der Waals surface area contributed by atoms with Gasteiger partial charge in [0.05, 0.1) is 12.2 Å². The number of halogens is 1. The van der Waals surface area contributed by atoms with Crippen molar-refractivity contribution in [3.63, 3.8) is 0 Å². The van der Waals surface area contributed by atoms with E-state index in [-0.39, 0.29) is 22.4 Å². The van der Waals surface area contributed by atoms with Gasteiger partial charge in [0.25, 0.3) is 0 Å². The normalized spacial score (nSPS) is 10.5. The van der Waals surface area contributed by atoms with Gasteiger partial charge in [0.15, 0.2) is 12.4 Å². The third kappa shape index (κ3) is 5.12. The average molecular weight is 426 g/mol. The van der Waals surface area contributed by atoms with Gasteiger partial charge < -0.3 is 10.1 Å². The standard InChI is InChI=1S/C22H20ClN3O4/c1-14-20(21(23)26(25-14)12-16-6-4-3-5-7-16)22(29)30-13-19(28)17-8-10-18(11-9-17)24-15(2)27/h3-11H,12-13H2,1-2H3,(H,24,27). The van der Waals surface area contributed by atoms with E-state index in [0.717, 1.165) is 5.56 Å². The van der Waals surface area contributed by atoms with Gasteiger partial charge in [-0.05, 0) is 36.8 Å². The fraction of sp³-hybridized carbons (Fsp3) is 0.182. The van der Waals surface area contributed by atoms with Crippen LogP contribution in [0.2, 0.25) is 5.15 Å². The summed E-state index contributed by atoms with van der Waals surface area (Å²) in [5.41, 5.74) is 2.48. The van der Waals surface area contributed by atoms with Crippen molar-refractivity contribution in [3.8, 4) is 0 Å². The molecule has 2 aromatic carbocycles. The average Bonchev–Trinajstić information content (AvgIpc) is 3.00. The van der Waals surface area contributed by atoms with E-state index >= 15 is 0 Å². The van der Waals surface area contributed by atoms with Gasteiger partial charge in [0, 0.05) is 18.2 Å². The predicted molar refractivity (Wildman–Crippen MR) is 113 cm³/mol. The van der Waals surface area contributed by atoms with Crippen LogP contribution in [0.4, 0.5) is 5.69 Å². The summed E-state index contributed by atoms with van der Waals surface area (Å²) < 4.78 is 6.69. The number of carbonyl (C=O) groups is 3. The molecule has 0 bridgehead atoms. The van der Waals surface area contributed by atoms with Crippen LogP contribution in [0, 0.1) is 6.92 Å². The summed E-state index contributed by atoms with van der Waals surface area (Å²) in [4.78, 5) is 35.9. The summed E-state index contributed by atoms with van der Waals surface area (Å²) in [7, 11) is 0. The van der Waals surface area contributed by atoms with Crippen molar-refractivity contribution in [2.24, 2.45) is 0 Å². The first-order valence-electron chi connectivity index (χ1n) is 9.20. The van der Waals surface area contributed by atoms with E-state index in [9.17, 15) is 14.4 Å². The molecule has 1 heterocycles. The van der Waals surface area contributed by atoms with Gasteiger partial charge in [-0.1, -0.05) is 41.9 Å².